The standard InChI is InChI=1S/C15H23N3/c1-11-13(9-18(4)10-15(2,3)16)12-7-5-6-8-14(12)17-11/h5-8,17H,9-10,16H2,1-4H3. The third kappa shape index (κ3) is 2.92. The van der Waals surface area contributed by atoms with E-state index in [0.717, 1.165) is 13.1 Å². The maximum atomic E-state index is 6.07. The van der Waals surface area contributed by atoms with Crippen LogP contribution in [0.15, 0.2) is 24.3 Å². The number of benzene rings is 1. The molecule has 0 atom stereocenters. The van der Waals surface area contributed by atoms with Gasteiger partial charge in [-0.3, -0.25) is 0 Å². The van der Waals surface area contributed by atoms with Crippen LogP contribution in [-0.2, 0) is 6.54 Å². The second-order valence-corrected chi connectivity index (χ2v) is 5.94. The van der Waals surface area contributed by atoms with E-state index in [2.05, 4.69) is 62.0 Å². The normalized spacial score (nSPS) is 12.6. The Balaban J connectivity index is 2.24. The van der Waals surface area contributed by atoms with Crippen molar-refractivity contribution in [1.82, 2.24) is 9.88 Å². The molecular weight excluding hydrogens is 222 g/mol. The van der Waals surface area contributed by atoms with Crippen molar-refractivity contribution in [2.24, 2.45) is 5.73 Å². The second kappa shape index (κ2) is 4.75. The Labute approximate surface area is 109 Å². The van der Waals surface area contributed by atoms with Crippen LogP contribution in [0.25, 0.3) is 10.9 Å². The number of aromatic nitrogens is 1. The summed E-state index contributed by atoms with van der Waals surface area (Å²) >= 11 is 0. The van der Waals surface area contributed by atoms with Crippen LogP contribution in [0.1, 0.15) is 25.1 Å². The summed E-state index contributed by atoms with van der Waals surface area (Å²) in [6.07, 6.45) is 0. The molecule has 1 aromatic carbocycles. The molecule has 0 aliphatic heterocycles. The largest absolute Gasteiger partial charge is 0.358 e. The van der Waals surface area contributed by atoms with E-state index in [4.69, 9.17) is 5.73 Å². The molecule has 3 N–H and O–H groups in total. The number of hydrogen-bond acceptors (Lipinski definition) is 2. The van der Waals surface area contributed by atoms with Crippen molar-refractivity contribution in [3.05, 3.63) is 35.5 Å². The Morgan fingerprint density at radius 1 is 1.28 bits per heavy atom. The van der Waals surface area contributed by atoms with Crippen LogP contribution in [-0.4, -0.2) is 29.0 Å². The number of para-hydroxylation sites is 1. The van der Waals surface area contributed by atoms with E-state index >= 15 is 0 Å². The second-order valence-electron chi connectivity index (χ2n) is 5.94. The molecule has 3 nitrogen and oxygen atoms in total. The molecule has 98 valence electrons. The van der Waals surface area contributed by atoms with Gasteiger partial charge in [-0.2, -0.15) is 0 Å². The summed E-state index contributed by atoms with van der Waals surface area (Å²) in [5.74, 6) is 0. The van der Waals surface area contributed by atoms with E-state index in [1.807, 2.05) is 0 Å². The maximum absolute atomic E-state index is 6.07. The van der Waals surface area contributed by atoms with Crippen molar-refractivity contribution in [2.45, 2.75) is 32.9 Å². The first-order chi connectivity index (χ1) is 8.37. The minimum Gasteiger partial charge on any atom is -0.358 e. The summed E-state index contributed by atoms with van der Waals surface area (Å²) in [7, 11) is 2.12. The van der Waals surface area contributed by atoms with Crippen molar-refractivity contribution in [3.63, 3.8) is 0 Å². The molecule has 1 aromatic heterocycles. The molecule has 0 saturated heterocycles. The zero-order valence-electron chi connectivity index (χ0n) is 11.7. The highest BCUT2D eigenvalue weighted by atomic mass is 15.1. The predicted molar refractivity (Wildman–Crippen MR) is 77.6 cm³/mol. The summed E-state index contributed by atoms with van der Waals surface area (Å²) < 4.78 is 0. The van der Waals surface area contributed by atoms with Crippen LogP contribution in [0, 0.1) is 6.92 Å². The van der Waals surface area contributed by atoms with Crippen molar-refractivity contribution < 1.29 is 0 Å². The van der Waals surface area contributed by atoms with Crippen LogP contribution < -0.4 is 5.73 Å². The zero-order chi connectivity index (χ0) is 13.3. The quantitative estimate of drug-likeness (QED) is 0.869. The lowest BCUT2D eigenvalue weighted by Gasteiger charge is -2.26. The molecule has 0 aliphatic carbocycles. The first-order valence-electron chi connectivity index (χ1n) is 6.40. The Kier molecular flexibility index (Phi) is 3.46. The van der Waals surface area contributed by atoms with Crippen LogP contribution in [0.4, 0.5) is 0 Å². The zero-order valence-corrected chi connectivity index (χ0v) is 11.7. The first-order valence-corrected chi connectivity index (χ1v) is 6.40. The van der Waals surface area contributed by atoms with Gasteiger partial charge in [0.25, 0.3) is 0 Å². The molecule has 2 rings (SSSR count). The number of fused-ring (bicyclic) bond motifs is 1. The highest BCUT2D eigenvalue weighted by Crippen LogP contribution is 2.23. The summed E-state index contributed by atoms with van der Waals surface area (Å²) in [4.78, 5) is 5.72. The third-order valence-electron chi connectivity index (χ3n) is 3.13. The van der Waals surface area contributed by atoms with Crippen molar-refractivity contribution in [3.8, 4) is 0 Å². The summed E-state index contributed by atoms with van der Waals surface area (Å²) in [6.45, 7) is 8.07. The highest BCUT2D eigenvalue weighted by Gasteiger charge is 2.16. The molecule has 18 heavy (non-hydrogen) atoms. The molecule has 0 spiro atoms. The SMILES string of the molecule is Cc1[nH]c2ccccc2c1CN(C)CC(C)(C)N. The average molecular weight is 245 g/mol. The van der Waals surface area contributed by atoms with Crippen molar-refractivity contribution in [2.75, 3.05) is 13.6 Å². The Hall–Kier alpha value is -1.32. The minimum absolute atomic E-state index is 0.158. The monoisotopic (exact) mass is 245 g/mol. The van der Waals surface area contributed by atoms with Gasteiger partial charge >= 0.3 is 0 Å². The number of aromatic amines is 1. The summed E-state index contributed by atoms with van der Waals surface area (Å²) in [5.41, 5.74) is 9.74. The van der Waals surface area contributed by atoms with E-state index in [9.17, 15) is 0 Å². The number of aryl methyl sites for hydroxylation is 1. The molecule has 0 bridgehead atoms. The number of nitrogens with two attached hydrogens (primary N) is 1. The molecule has 0 radical (unpaired) electrons. The van der Waals surface area contributed by atoms with Gasteiger partial charge < -0.3 is 15.6 Å². The lowest BCUT2D eigenvalue weighted by molar-refractivity contribution is 0.263. The average Bonchev–Trinajstić information content (AvgIpc) is 2.53. The molecular formula is C15H23N3. The van der Waals surface area contributed by atoms with Gasteiger partial charge in [0.2, 0.25) is 0 Å². The number of hydrogen-bond donors (Lipinski definition) is 2. The topological polar surface area (TPSA) is 45.0 Å². The van der Waals surface area contributed by atoms with Gasteiger partial charge in [0.1, 0.15) is 0 Å². The van der Waals surface area contributed by atoms with Gasteiger partial charge in [0.15, 0.2) is 0 Å². The van der Waals surface area contributed by atoms with Gasteiger partial charge in [0, 0.05) is 35.2 Å². The lowest BCUT2D eigenvalue weighted by atomic mass is 10.1. The highest BCUT2D eigenvalue weighted by molar-refractivity contribution is 5.84. The lowest BCUT2D eigenvalue weighted by Crippen LogP contribution is -2.43. The fourth-order valence-electron chi connectivity index (χ4n) is 2.56. The third-order valence-corrected chi connectivity index (χ3v) is 3.13. The predicted octanol–water partition coefficient (Wildman–Crippen LogP) is 2.65. The van der Waals surface area contributed by atoms with Gasteiger partial charge in [-0.25, -0.2) is 0 Å². The van der Waals surface area contributed by atoms with E-state index in [0.29, 0.717) is 0 Å². The summed E-state index contributed by atoms with van der Waals surface area (Å²) in [5, 5.41) is 1.32. The van der Waals surface area contributed by atoms with E-state index in [-0.39, 0.29) is 5.54 Å². The maximum Gasteiger partial charge on any atom is 0.0459 e. The molecule has 0 saturated carbocycles. The molecule has 2 aromatic rings. The Morgan fingerprint density at radius 3 is 2.61 bits per heavy atom. The summed E-state index contributed by atoms with van der Waals surface area (Å²) in [6, 6.07) is 8.45. The van der Waals surface area contributed by atoms with Gasteiger partial charge in [-0.15, -0.1) is 0 Å². The fraction of sp³-hybridized carbons (Fsp3) is 0.467. The number of rotatable bonds is 4. The van der Waals surface area contributed by atoms with Gasteiger partial charge in [-0.1, -0.05) is 18.2 Å². The van der Waals surface area contributed by atoms with Gasteiger partial charge in [-0.05, 0) is 39.4 Å². The van der Waals surface area contributed by atoms with E-state index in [1.165, 1.54) is 22.2 Å². The molecule has 0 amide bonds. The smallest absolute Gasteiger partial charge is 0.0459 e. The minimum atomic E-state index is -0.158. The number of likely N-dealkylation sites (N-methyl/N-ethyl adjacent to an activating group) is 1. The van der Waals surface area contributed by atoms with Gasteiger partial charge in [0.05, 0.1) is 0 Å². The number of nitrogens with one attached hydrogen (secondary N) is 1. The van der Waals surface area contributed by atoms with Crippen LogP contribution in [0.3, 0.4) is 0 Å². The van der Waals surface area contributed by atoms with Crippen molar-refractivity contribution in [1.29, 1.82) is 0 Å². The van der Waals surface area contributed by atoms with Crippen molar-refractivity contribution >= 4 is 10.9 Å². The molecule has 0 unspecified atom stereocenters. The van der Waals surface area contributed by atoms with Crippen LogP contribution in [0.5, 0.6) is 0 Å². The molecule has 0 aliphatic rings. The molecule has 3 heteroatoms. The Bertz CT molecular complexity index is 534. The van der Waals surface area contributed by atoms with E-state index in [1.54, 1.807) is 0 Å². The first kappa shape index (κ1) is 13.1. The van der Waals surface area contributed by atoms with Crippen LogP contribution in [0.2, 0.25) is 0 Å². The molecule has 0 fully saturated rings. The number of H-pyrrole nitrogens is 1. The Morgan fingerprint density at radius 2 is 1.94 bits per heavy atom. The van der Waals surface area contributed by atoms with E-state index < -0.39 is 0 Å². The fourth-order valence-corrected chi connectivity index (χ4v) is 2.56. The number of nitrogens with zero attached hydrogens (tertiary/aromatic N) is 1. The molecule has 1 heterocycles. The van der Waals surface area contributed by atoms with Crippen LogP contribution >= 0.6 is 0 Å².